The molecule has 14 nitrogen and oxygen atoms in total. The number of nitrogens with two attached hydrogens (primary N) is 1. The molecule has 2 aromatic rings. The molecule has 1 aliphatic heterocycles. The number of aliphatic hydroxyl groups excluding tert-OH is 2. The third kappa shape index (κ3) is 5.86. The molecule has 0 spiro atoms. The molecular weight excluding hydrogens is 478 g/mol. The molecule has 3 rings (SSSR count). The minimum absolute atomic E-state index is 0.00508. The maximum atomic E-state index is 13.6. The summed E-state index contributed by atoms with van der Waals surface area (Å²) in [6, 6.07) is -1.10. The minimum atomic E-state index is -4.54. The normalized spacial score (nSPS) is 25.5. The Kier molecular flexibility index (Phi) is 8.18. The number of rotatable bonds is 10. The first-order chi connectivity index (χ1) is 15.9. The van der Waals surface area contributed by atoms with Gasteiger partial charge < -0.3 is 30.3 Å². The second kappa shape index (κ2) is 10.6. The van der Waals surface area contributed by atoms with Crippen LogP contribution in [-0.2, 0) is 23.4 Å². The van der Waals surface area contributed by atoms with Crippen molar-refractivity contribution in [2.24, 2.45) is 5.92 Å². The van der Waals surface area contributed by atoms with Gasteiger partial charge in [0.15, 0.2) is 23.2 Å². The van der Waals surface area contributed by atoms with Crippen molar-refractivity contribution in [3.8, 4) is 0 Å². The van der Waals surface area contributed by atoms with Gasteiger partial charge in [0, 0.05) is 0 Å². The minimum Gasteiger partial charge on any atom is -0.465 e. The van der Waals surface area contributed by atoms with Crippen molar-refractivity contribution in [2.45, 2.75) is 57.8 Å². The molecule has 0 amide bonds. The topological polar surface area (TPSA) is 204 Å². The monoisotopic (exact) mass is 506 g/mol. The Morgan fingerprint density at radius 3 is 2.74 bits per heavy atom. The van der Waals surface area contributed by atoms with Gasteiger partial charge in [0.05, 0.1) is 19.5 Å². The van der Waals surface area contributed by atoms with E-state index in [2.05, 4.69) is 20.0 Å². The van der Waals surface area contributed by atoms with Crippen LogP contribution in [0.15, 0.2) is 6.33 Å². The van der Waals surface area contributed by atoms with Gasteiger partial charge >= 0.3 is 19.8 Å². The lowest BCUT2D eigenvalue weighted by Gasteiger charge is -2.23. The maximum absolute atomic E-state index is 13.6. The molecule has 6 unspecified atom stereocenters. The van der Waals surface area contributed by atoms with Crippen LogP contribution in [0.2, 0.25) is 0 Å². The highest BCUT2D eigenvalue weighted by molar-refractivity contribution is 7.50. The molecule has 16 heteroatoms. The molecule has 190 valence electrons. The summed E-state index contributed by atoms with van der Waals surface area (Å²) < 4.78 is 42.9. The van der Waals surface area contributed by atoms with E-state index in [1.165, 1.54) is 6.33 Å². The van der Waals surface area contributed by atoms with Crippen LogP contribution in [0.1, 0.15) is 33.4 Å². The summed E-state index contributed by atoms with van der Waals surface area (Å²) in [5.74, 6) is -0.924. The Hall–Kier alpha value is -2.26. The second-order valence-corrected chi connectivity index (χ2v) is 9.68. The zero-order chi connectivity index (χ0) is 25.2. The van der Waals surface area contributed by atoms with Gasteiger partial charge in [0.1, 0.15) is 24.4 Å². The van der Waals surface area contributed by atoms with Gasteiger partial charge in [-0.1, -0.05) is 13.8 Å². The molecule has 2 aromatic heterocycles. The SMILES string of the molecule is CCOC(=O)C(CC(C)C)NP(=O)(O)OCC1OC(n2cnc3c(N)nc(F)nc32)C(O)C1O. The summed E-state index contributed by atoms with van der Waals surface area (Å²) in [7, 11) is -4.54. The lowest BCUT2D eigenvalue weighted by atomic mass is 10.1. The van der Waals surface area contributed by atoms with Crippen molar-refractivity contribution in [1.29, 1.82) is 0 Å². The number of imidazole rings is 1. The average Bonchev–Trinajstić information content (AvgIpc) is 3.27. The summed E-state index contributed by atoms with van der Waals surface area (Å²) in [6.07, 6.45) is -5.34. The van der Waals surface area contributed by atoms with Crippen molar-refractivity contribution >= 4 is 30.7 Å². The summed E-state index contributed by atoms with van der Waals surface area (Å²) in [6.45, 7) is 4.73. The standard InChI is InChI=1S/C18H28FN6O8P/c1-4-31-17(28)9(5-8(2)3)24-34(29,30)32-6-10-12(26)13(27)16(33-10)25-7-21-11-14(20)22-18(19)23-15(11)25/h7-10,12-13,16,26-27H,4-6H2,1-3H3,(H2,20,22,23)(H2,24,29,30). The molecule has 0 bridgehead atoms. The number of aromatic nitrogens is 4. The van der Waals surface area contributed by atoms with E-state index >= 15 is 0 Å². The van der Waals surface area contributed by atoms with Crippen molar-refractivity contribution in [3.05, 3.63) is 12.4 Å². The second-order valence-electron chi connectivity index (χ2n) is 8.13. The lowest BCUT2D eigenvalue weighted by molar-refractivity contribution is -0.145. The number of halogens is 1. The summed E-state index contributed by atoms with van der Waals surface area (Å²) in [4.78, 5) is 33.3. The van der Waals surface area contributed by atoms with Crippen LogP contribution in [0, 0.1) is 12.0 Å². The van der Waals surface area contributed by atoms with Gasteiger partial charge in [0.2, 0.25) is 0 Å². The van der Waals surface area contributed by atoms with E-state index in [9.17, 15) is 28.9 Å². The van der Waals surface area contributed by atoms with Crippen LogP contribution in [0.25, 0.3) is 11.2 Å². The van der Waals surface area contributed by atoms with Crippen molar-refractivity contribution < 1.29 is 42.9 Å². The van der Waals surface area contributed by atoms with E-state index in [1.807, 2.05) is 13.8 Å². The number of carbonyl (C=O) groups is 1. The number of hydrogen-bond donors (Lipinski definition) is 5. The van der Waals surface area contributed by atoms with Gasteiger partial charge in [-0.2, -0.15) is 14.4 Å². The number of nitrogen functional groups attached to an aromatic ring is 1. The number of hydrogen-bond acceptors (Lipinski definition) is 11. The smallest absolute Gasteiger partial charge is 0.403 e. The van der Waals surface area contributed by atoms with Gasteiger partial charge in [-0.15, -0.1) is 0 Å². The molecule has 3 heterocycles. The Morgan fingerprint density at radius 1 is 1.38 bits per heavy atom. The third-order valence-corrected chi connectivity index (χ3v) is 6.18. The van der Waals surface area contributed by atoms with Crippen LogP contribution in [0.3, 0.4) is 0 Å². The first-order valence-electron chi connectivity index (χ1n) is 10.5. The predicted octanol–water partition coefficient (Wildman–Crippen LogP) is -0.149. The van der Waals surface area contributed by atoms with Gasteiger partial charge in [-0.25, -0.2) is 14.6 Å². The zero-order valence-corrected chi connectivity index (χ0v) is 19.6. The predicted molar refractivity (Wildman–Crippen MR) is 114 cm³/mol. The van der Waals surface area contributed by atoms with Crippen molar-refractivity contribution in [1.82, 2.24) is 24.6 Å². The highest BCUT2D eigenvalue weighted by Crippen LogP contribution is 2.40. The molecule has 1 saturated heterocycles. The van der Waals surface area contributed by atoms with E-state index in [0.29, 0.717) is 0 Å². The Balaban J connectivity index is 1.69. The molecule has 0 aromatic carbocycles. The van der Waals surface area contributed by atoms with Crippen LogP contribution in [-0.4, -0.2) is 78.2 Å². The van der Waals surface area contributed by atoms with Crippen LogP contribution in [0.5, 0.6) is 0 Å². The van der Waals surface area contributed by atoms with Crippen molar-refractivity contribution in [2.75, 3.05) is 18.9 Å². The summed E-state index contributed by atoms with van der Waals surface area (Å²) >= 11 is 0. The maximum Gasteiger partial charge on any atom is 0.403 e. The number of anilines is 1. The Labute approximate surface area is 193 Å². The van der Waals surface area contributed by atoms with Gasteiger partial charge in [-0.05, 0) is 19.3 Å². The molecule has 0 saturated carbocycles. The number of carbonyl (C=O) groups excluding carboxylic acids is 1. The van der Waals surface area contributed by atoms with E-state index in [1.54, 1.807) is 6.92 Å². The van der Waals surface area contributed by atoms with Crippen LogP contribution < -0.4 is 10.8 Å². The number of aliphatic hydroxyl groups is 2. The lowest BCUT2D eigenvalue weighted by Crippen LogP contribution is -2.39. The quantitative estimate of drug-likeness (QED) is 0.162. The largest absolute Gasteiger partial charge is 0.465 e. The zero-order valence-electron chi connectivity index (χ0n) is 18.7. The first-order valence-corrected chi connectivity index (χ1v) is 12.1. The van der Waals surface area contributed by atoms with E-state index in [0.717, 1.165) is 4.57 Å². The van der Waals surface area contributed by atoms with Gasteiger partial charge in [-0.3, -0.25) is 13.9 Å². The highest BCUT2D eigenvalue weighted by atomic mass is 31.2. The molecule has 6 atom stereocenters. The Bertz CT molecular complexity index is 1070. The summed E-state index contributed by atoms with van der Waals surface area (Å²) in [5.41, 5.74) is 5.61. The number of nitrogens with zero attached hydrogens (tertiary/aromatic N) is 4. The number of nitrogens with one attached hydrogen (secondary N) is 1. The highest BCUT2D eigenvalue weighted by Gasteiger charge is 2.45. The number of esters is 1. The molecule has 34 heavy (non-hydrogen) atoms. The Morgan fingerprint density at radius 2 is 2.09 bits per heavy atom. The summed E-state index contributed by atoms with van der Waals surface area (Å²) in [5, 5.41) is 23.1. The number of ether oxygens (including phenoxy) is 2. The molecule has 1 aliphatic rings. The molecule has 6 N–H and O–H groups in total. The molecular formula is C18H28FN6O8P. The van der Waals surface area contributed by atoms with E-state index in [4.69, 9.17) is 19.7 Å². The van der Waals surface area contributed by atoms with E-state index < -0.39 is 57.0 Å². The van der Waals surface area contributed by atoms with Crippen molar-refractivity contribution in [3.63, 3.8) is 0 Å². The van der Waals surface area contributed by atoms with E-state index in [-0.39, 0.29) is 35.9 Å². The molecule has 0 radical (unpaired) electrons. The average molecular weight is 506 g/mol. The molecule has 0 aliphatic carbocycles. The fraction of sp³-hybridized carbons (Fsp3) is 0.667. The molecule has 1 fully saturated rings. The van der Waals surface area contributed by atoms with Crippen LogP contribution >= 0.6 is 7.75 Å². The van der Waals surface area contributed by atoms with Gasteiger partial charge in [0.25, 0.3) is 0 Å². The fourth-order valence-electron chi connectivity index (χ4n) is 3.52. The van der Waals surface area contributed by atoms with Crippen LogP contribution in [0.4, 0.5) is 10.2 Å². The first kappa shape index (κ1) is 26.3. The number of fused-ring (bicyclic) bond motifs is 1. The fourth-order valence-corrected chi connectivity index (χ4v) is 4.55. The third-order valence-electron chi connectivity index (χ3n) is 5.04.